The highest BCUT2D eigenvalue weighted by Gasteiger charge is 2.33. The van der Waals surface area contributed by atoms with Crippen LogP contribution in [0, 0.1) is 0 Å². The molecule has 1 rings (SSSR count). The van der Waals surface area contributed by atoms with E-state index in [0.29, 0.717) is 0 Å². The number of rotatable bonds is 9. The summed E-state index contributed by atoms with van der Waals surface area (Å²) in [6.45, 7) is 2.25. The molecule has 0 heterocycles. The molecule has 0 aliphatic carbocycles. The second-order valence-electron chi connectivity index (χ2n) is 4.82. The maximum atomic E-state index is 6.71. The van der Waals surface area contributed by atoms with E-state index in [1.54, 1.807) is 7.11 Å². The van der Waals surface area contributed by atoms with Crippen molar-refractivity contribution in [3.05, 3.63) is 30.3 Å². The second-order valence-corrected chi connectivity index (χ2v) is 9.59. The molecule has 1 nitrogen and oxygen atoms in total. The molecule has 18 heavy (non-hydrogen) atoms. The molecule has 1 aromatic rings. The van der Waals surface area contributed by atoms with Crippen LogP contribution in [0.25, 0.3) is 0 Å². The van der Waals surface area contributed by atoms with Gasteiger partial charge < -0.3 is 4.43 Å². The lowest BCUT2D eigenvalue weighted by Gasteiger charge is -2.22. The summed E-state index contributed by atoms with van der Waals surface area (Å²) in [6.07, 6.45) is 7.79. The third-order valence-electron chi connectivity index (χ3n) is 3.38. The normalized spacial score (nSPS) is 14.4. The van der Waals surface area contributed by atoms with Gasteiger partial charge in [-0.15, -0.1) is 11.1 Å². The molecule has 0 saturated heterocycles. The maximum absolute atomic E-state index is 6.71. The zero-order valence-electron chi connectivity index (χ0n) is 11.6. The molecule has 0 radical (unpaired) electrons. The van der Waals surface area contributed by atoms with Crippen molar-refractivity contribution in [1.29, 1.82) is 0 Å². The van der Waals surface area contributed by atoms with Gasteiger partial charge in [0.25, 0.3) is 0 Å². The number of benzene rings is 1. The summed E-state index contributed by atoms with van der Waals surface area (Å²) in [7, 11) is -0.442. The van der Waals surface area contributed by atoms with E-state index in [4.69, 9.17) is 15.5 Å². The minimum Gasteiger partial charge on any atom is -0.403 e. The van der Waals surface area contributed by atoms with Crippen molar-refractivity contribution in [3.63, 3.8) is 0 Å². The minimum atomic E-state index is -2.20. The smallest absolute Gasteiger partial charge is 0.322 e. The van der Waals surface area contributed by atoms with Gasteiger partial charge in [0.15, 0.2) is 0 Å². The molecular weight excluding hydrogens is 260 g/mol. The van der Waals surface area contributed by atoms with Crippen LogP contribution >= 0.6 is 11.1 Å². The molecule has 0 amide bonds. The lowest BCUT2D eigenvalue weighted by atomic mass is 10.1. The number of unbranched alkanes of at least 4 members (excludes halogenated alkanes) is 5. The largest absolute Gasteiger partial charge is 0.403 e. The van der Waals surface area contributed by atoms with Gasteiger partial charge in [-0.1, -0.05) is 75.8 Å². The van der Waals surface area contributed by atoms with Crippen molar-refractivity contribution >= 4 is 23.9 Å². The predicted octanol–water partition coefficient (Wildman–Crippen LogP) is 4.58. The highest BCUT2D eigenvalue weighted by Crippen LogP contribution is 2.20. The molecule has 0 N–H and O–H groups in total. The number of hydrogen-bond acceptors (Lipinski definition) is 1. The van der Waals surface area contributed by atoms with Crippen molar-refractivity contribution in [3.8, 4) is 0 Å². The Morgan fingerprint density at radius 2 is 1.61 bits per heavy atom. The van der Waals surface area contributed by atoms with Crippen LogP contribution in [0.2, 0.25) is 6.04 Å². The monoisotopic (exact) mass is 284 g/mol. The average molecular weight is 285 g/mol. The second kappa shape index (κ2) is 8.73. The number of hydrogen-bond donors (Lipinski definition) is 0. The Morgan fingerprint density at radius 3 is 2.22 bits per heavy atom. The Balaban J connectivity index is 2.37. The summed E-state index contributed by atoms with van der Waals surface area (Å²) in [6, 6.07) is 11.3. The third kappa shape index (κ3) is 5.13. The van der Waals surface area contributed by atoms with Crippen molar-refractivity contribution in [2.45, 2.75) is 51.5 Å². The molecule has 0 spiro atoms. The Hall–Kier alpha value is -0.313. The zero-order valence-corrected chi connectivity index (χ0v) is 13.4. The quantitative estimate of drug-likeness (QED) is 0.366. The fourth-order valence-corrected chi connectivity index (χ4v) is 5.09. The molecular formula is C15H25ClOSi. The Labute approximate surface area is 117 Å². The van der Waals surface area contributed by atoms with Crippen LogP contribution in [0.15, 0.2) is 30.3 Å². The van der Waals surface area contributed by atoms with Crippen molar-refractivity contribution in [1.82, 2.24) is 0 Å². The zero-order chi connectivity index (χ0) is 13.3. The van der Waals surface area contributed by atoms with E-state index in [1.807, 2.05) is 18.2 Å². The summed E-state index contributed by atoms with van der Waals surface area (Å²) in [5, 5.41) is 1.20. The van der Waals surface area contributed by atoms with Crippen LogP contribution in [-0.2, 0) is 4.43 Å². The molecule has 0 fully saturated rings. The molecule has 0 bridgehead atoms. The van der Waals surface area contributed by atoms with Crippen molar-refractivity contribution in [2.75, 3.05) is 7.11 Å². The van der Waals surface area contributed by atoms with Crippen LogP contribution in [0.3, 0.4) is 0 Å². The van der Waals surface area contributed by atoms with Crippen LogP contribution in [0.4, 0.5) is 0 Å². The summed E-state index contributed by atoms with van der Waals surface area (Å²) in [5.41, 5.74) is 0. The molecule has 3 heteroatoms. The topological polar surface area (TPSA) is 9.23 Å². The third-order valence-corrected chi connectivity index (χ3v) is 7.90. The SMILES string of the molecule is CCCCCCCC[Si](Cl)(OC)c1ccccc1. The van der Waals surface area contributed by atoms with E-state index in [-0.39, 0.29) is 0 Å². The van der Waals surface area contributed by atoms with E-state index in [9.17, 15) is 0 Å². The Bertz CT molecular complexity index is 318. The van der Waals surface area contributed by atoms with Crippen LogP contribution < -0.4 is 5.19 Å². The summed E-state index contributed by atoms with van der Waals surface area (Å²) >= 11 is 6.71. The van der Waals surface area contributed by atoms with E-state index < -0.39 is 7.63 Å². The average Bonchev–Trinajstić information content (AvgIpc) is 2.43. The lowest BCUT2D eigenvalue weighted by molar-refractivity contribution is 0.418. The van der Waals surface area contributed by atoms with Crippen LogP contribution in [-0.4, -0.2) is 14.7 Å². The van der Waals surface area contributed by atoms with E-state index in [2.05, 4.69) is 19.1 Å². The molecule has 1 aromatic carbocycles. The van der Waals surface area contributed by atoms with Gasteiger partial charge in [-0.2, -0.15) is 0 Å². The van der Waals surface area contributed by atoms with Gasteiger partial charge >= 0.3 is 7.63 Å². The van der Waals surface area contributed by atoms with E-state index >= 15 is 0 Å². The van der Waals surface area contributed by atoms with Gasteiger partial charge in [-0.25, -0.2) is 0 Å². The molecule has 0 aromatic heterocycles. The van der Waals surface area contributed by atoms with Gasteiger partial charge in [0.05, 0.1) is 0 Å². The first kappa shape index (κ1) is 15.7. The van der Waals surface area contributed by atoms with Gasteiger partial charge in [-0.05, 0) is 11.2 Å². The summed E-state index contributed by atoms with van der Waals surface area (Å²) in [5.74, 6) is 0. The fourth-order valence-electron chi connectivity index (χ4n) is 2.18. The van der Waals surface area contributed by atoms with Crippen LogP contribution in [0.5, 0.6) is 0 Å². The van der Waals surface area contributed by atoms with Gasteiger partial charge in [0.2, 0.25) is 0 Å². The standard InChI is InChI=1S/C15H25ClOSi/c1-3-4-5-6-7-11-14-18(16,17-2)15-12-9-8-10-13-15/h8-10,12-13H,3-7,11,14H2,1-2H3. The van der Waals surface area contributed by atoms with Crippen molar-refractivity contribution < 1.29 is 4.43 Å². The van der Waals surface area contributed by atoms with Crippen LogP contribution in [0.1, 0.15) is 45.4 Å². The first-order chi connectivity index (χ1) is 8.73. The van der Waals surface area contributed by atoms with Gasteiger partial charge in [-0.3, -0.25) is 0 Å². The minimum absolute atomic E-state index is 1.02. The summed E-state index contributed by atoms with van der Waals surface area (Å²) in [4.78, 5) is 0. The lowest BCUT2D eigenvalue weighted by Crippen LogP contribution is -2.44. The molecule has 1 unspecified atom stereocenters. The maximum Gasteiger partial charge on any atom is 0.322 e. The fraction of sp³-hybridized carbons (Fsp3) is 0.600. The van der Waals surface area contributed by atoms with E-state index in [0.717, 1.165) is 6.04 Å². The Morgan fingerprint density at radius 1 is 1.00 bits per heavy atom. The molecule has 0 aliphatic rings. The van der Waals surface area contributed by atoms with Gasteiger partial charge in [0.1, 0.15) is 0 Å². The van der Waals surface area contributed by atoms with E-state index in [1.165, 1.54) is 43.7 Å². The molecule has 0 aliphatic heterocycles. The molecule has 1 atom stereocenters. The molecule has 0 saturated carbocycles. The highest BCUT2D eigenvalue weighted by molar-refractivity contribution is 7.23. The first-order valence-electron chi connectivity index (χ1n) is 7.02. The Kier molecular flexibility index (Phi) is 7.64. The predicted molar refractivity (Wildman–Crippen MR) is 82.9 cm³/mol. The molecule has 102 valence electrons. The summed E-state index contributed by atoms with van der Waals surface area (Å²) < 4.78 is 5.66. The number of halogens is 1. The van der Waals surface area contributed by atoms with Crippen molar-refractivity contribution in [2.24, 2.45) is 0 Å². The first-order valence-corrected chi connectivity index (χ1v) is 10.1. The highest BCUT2D eigenvalue weighted by atomic mass is 35.6. The van der Waals surface area contributed by atoms with Gasteiger partial charge in [0, 0.05) is 7.11 Å².